The number of hydrogen-bond donors (Lipinski definition) is 1. The highest BCUT2D eigenvalue weighted by molar-refractivity contribution is 5.91. The topological polar surface area (TPSA) is 59.1 Å². The lowest BCUT2D eigenvalue weighted by Crippen LogP contribution is -2.10. The van der Waals surface area contributed by atoms with Crippen molar-refractivity contribution in [3.8, 4) is 28.0 Å². The third kappa shape index (κ3) is 4.76. The average molecular weight is 490 g/mol. The highest BCUT2D eigenvalue weighted by Crippen LogP contribution is 2.34. The predicted octanol–water partition coefficient (Wildman–Crippen LogP) is 6.78. The first-order chi connectivity index (χ1) is 17.3. The predicted molar refractivity (Wildman–Crippen MR) is 128 cm³/mol. The third-order valence-corrected chi connectivity index (χ3v) is 6.08. The van der Waals surface area contributed by atoms with Gasteiger partial charge in [-0.3, -0.25) is 0 Å². The Bertz CT molecular complexity index is 1430. The molecule has 1 N–H and O–H groups in total. The molecule has 36 heavy (non-hydrogen) atoms. The first kappa shape index (κ1) is 23.8. The minimum absolute atomic E-state index is 0.00455. The van der Waals surface area contributed by atoms with Crippen LogP contribution in [0.3, 0.4) is 0 Å². The van der Waals surface area contributed by atoms with Crippen molar-refractivity contribution in [2.45, 2.75) is 19.1 Å². The van der Waals surface area contributed by atoms with Gasteiger partial charge >= 0.3 is 5.97 Å². The van der Waals surface area contributed by atoms with E-state index in [-0.39, 0.29) is 17.2 Å². The van der Waals surface area contributed by atoms with E-state index in [1.54, 1.807) is 55.5 Å². The first-order valence-corrected chi connectivity index (χ1v) is 11.3. The highest BCUT2D eigenvalue weighted by Gasteiger charge is 2.25. The number of esters is 1. The van der Waals surface area contributed by atoms with E-state index in [0.29, 0.717) is 28.9 Å². The quantitative estimate of drug-likeness (QED) is 0.184. The zero-order valence-electron chi connectivity index (χ0n) is 19.2. The van der Waals surface area contributed by atoms with Crippen molar-refractivity contribution in [3.63, 3.8) is 0 Å². The van der Waals surface area contributed by atoms with Crippen LogP contribution in [-0.4, -0.2) is 17.7 Å². The Labute approximate surface area is 205 Å². The van der Waals surface area contributed by atoms with Crippen molar-refractivity contribution in [3.05, 3.63) is 113 Å². The molecule has 182 valence electrons. The normalized spacial score (nSPS) is 15.4. The van der Waals surface area contributed by atoms with Gasteiger partial charge in [0, 0.05) is 11.1 Å². The van der Waals surface area contributed by atoms with Gasteiger partial charge < -0.3 is 14.6 Å². The monoisotopic (exact) mass is 490 g/mol. The van der Waals surface area contributed by atoms with Crippen molar-refractivity contribution >= 4 is 5.97 Å². The summed E-state index contributed by atoms with van der Waals surface area (Å²) in [5.74, 6) is -4.28. The Balaban J connectivity index is 1.32. The van der Waals surface area contributed by atoms with E-state index >= 15 is 0 Å². The molecule has 0 amide bonds. The molecule has 5 rings (SSSR count). The Morgan fingerprint density at radius 2 is 1.50 bits per heavy atom. The molecular formula is C29H21F3O4. The van der Waals surface area contributed by atoms with Crippen molar-refractivity contribution < 1.29 is 32.5 Å². The summed E-state index contributed by atoms with van der Waals surface area (Å²) in [6, 6.07) is 19.7. The number of carbonyl (C=O) groups excluding carboxylic acids is 1. The molecule has 1 heterocycles. The second-order valence-electron chi connectivity index (χ2n) is 8.57. The number of epoxide rings is 1. The molecule has 0 bridgehead atoms. The summed E-state index contributed by atoms with van der Waals surface area (Å²) in [6.07, 6.45) is -0.737. The highest BCUT2D eigenvalue weighted by atomic mass is 19.2. The van der Waals surface area contributed by atoms with Gasteiger partial charge in [-0.15, -0.1) is 0 Å². The van der Waals surface area contributed by atoms with Crippen LogP contribution < -0.4 is 4.74 Å². The van der Waals surface area contributed by atoms with E-state index in [2.05, 4.69) is 0 Å². The summed E-state index contributed by atoms with van der Waals surface area (Å²) in [6.45, 7) is 2.19. The molecule has 1 aliphatic heterocycles. The van der Waals surface area contributed by atoms with Crippen molar-refractivity contribution in [2.75, 3.05) is 6.61 Å². The molecule has 2 atom stereocenters. The summed E-state index contributed by atoms with van der Waals surface area (Å²) >= 11 is 0. The van der Waals surface area contributed by atoms with E-state index < -0.39 is 35.3 Å². The van der Waals surface area contributed by atoms with Crippen LogP contribution >= 0.6 is 0 Å². The van der Waals surface area contributed by atoms with Gasteiger partial charge in [0.1, 0.15) is 11.9 Å². The number of halogens is 3. The molecule has 4 aromatic rings. The van der Waals surface area contributed by atoms with Crippen LogP contribution in [0.4, 0.5) is 13.2 Å². The maximum Gasteiger partial charge on any atom is 0.343 e. The molecule has 1 saturated heterocycles. The molecule has 0 aliphatic carbocycles. The molecule has 1 fully saturated rings. The maximum atomic E-state index is 14.8. The SMILES string of the molecule is CC(O)c1ccc(-c2ccc(OC(=O)c3ccc(-c4ccc(C5CO5)cc4F)cc3)c(F)c2F)cc1. The lowest BCUT2D eigenvalue weighted by atomic mass is 10.0. The second-order valence-corrected chi connectivity index (χ2v) is 8.57. The Morgan fingerprint density at radius 1 is 0.889 bits per heavy atom. The van der Waals surface area contributed by atoms with E-state index in [0.717, 1.165) is 5.56 Å². The molecule has 2 unspecified atom stereocenters. The molecule has 0 radical (unpaired) electrons. The summed E-state index contributed by atoms with van der Waals surface area (Å²) < 4.78 is 54.3. The van der Waals surface area contributed by atoms with Crippen LogP contribution in [0.2, 0.25) is 0 Å². The van der Waals surface area contributed by atoms with Crippen LogP contribution in [0.15, 0.2) is 78.9 Å². The summed E-state index contributed by atoms with van der Waals surface area (Å²) in [4.78, 5) is 12.6. The van der Waals surface area contributed by atoms with Crippen molar-refractivity contribution in [1.82, 2.24) is 0 Å². The van der Waals surface area contributed by atoms with Crippen LogP contribution in [0.1, 0.15) is 40.6 Å². The number of rotatable bonds is 6. The first-order valence-electron chi connectivity index (χ1n) is 11.3. The van der Waals surface area contributed by atoms with Gasteiger partial charge in [0.2, 0.25) is 5.82 Å². The van der Waals surface area contributed by atoms with Crippen LogP contribution in [0.5, 0.6) is 5.75 Å². The number of aliphatic hydroxyl groups is 1. The Kier molecular flexibility index (Phi) is 6.35. The summed E-state index contributed by atoms with van der Waals surface area (Å²) in [5.41, 5.74) is 2.83. The third-order valence-electron chi connectivity index (χ3n) is 6.08. The maximum absolute atomic E-state index is 14.8. The van der Waals surface area contributed by atoms with E-state index in [1.807, 2.05) is 0 Å². The van der Waals surface area contributed by atoms with Gasteiger partial charge in [-0.05, 0) is 59.5 Å². The van der Waals surface area contributed by atoms with Gasteiger partial charge in [-0.25, -0.2) is 13.6 Å². The Morgan fingerprint density at radius 3 is 2.11 bits per heavy atom. The number of carbonyl (C=O) groups is 1. The largest absolute Gasteiger partial charge is 0.420 e. The molecule has 0 aromatic heterocycles. The average Bonchev–Trinajstić information content (AvgIpc) is 3.73. The second kappa shape index (κ2) is 9.60. The fraction of sp³-hybridized carbons (Fsp3) is 0.138. The molecular weight excluding hydrogens is 469 g/mol. The van der Waals surface area contributed by atoms with E-state index in [1.165, 1.54) is 30.3 Å². The molecule has 4 aromatic carbocycles. The number of hydrogen-bond acceptors (Lipinski definition) is 4. The summed E-state index contributed by atoms with van der Waals surface area (Å²) in [7, 11) is 0. The molecule has 1 aliphatic rings. The van der Waals surface area contributed by atoms with Crippen molar-refractivity contribution in [2.24, 2.45) is 0 Å². The number of benzene rings is 4. The van der Waals surface area contributed by atoms with Gasteiger partial charge in [0.15, 0.2) is 11.6 Å². The van der Waals surface area contributed by atoms with Crippen molar-refractivity contribution in [1.29, 1.82) is 0 Å². The molecule has 4 nitrogen and oxygen atoms in total. The van der Waals surface area contributed by atoms with E-state index in [4.69, 9.17) is 9.47 Å². The fourth-order valence-electron chi connectivity index (χ4n) is 3.93. The standard InChI is InChI=1S/C29H21F3O4/c1-16(33)17-2-4-19(5-3-17)23-12-13-25(28(32)27(23)31)36-29(34)20-8-6-18(7-9-20)22-11-10-21(14-24(22)30)26-15-35-26/h2-14,16,26,33H,15H2,1H3. The summed E-state index contributed by atoms with van der Waals surface area (Å²) in [5, 5.41) is 9.61. The minimum Gasteiger partial charge on any atom is -0.420 e. The van der Waals surface area contributed by atoms with Crippen LogP contribution in [-0.2, 0) is 4.74 Å². The van der Waals surface area contributed by atoms with Gasteiger partial charge in [0.05, 0.1) is 18.3 Å². The van der Waals surface area contributed by atoms with Gasteiger partial charge in [-0.2, -0.15) is 4.39 Å². The fourth-order valence-corrected chi connectivity index (χ4v) is 3.93. The minimum atomic E-state index is -1.29. The molecule has 7 heteroatoms. The van der Waals surface area contributed by atoms with E-state index in [9.17, 15) is 23.1 Å². The van der Waals surface area contributed by atoms with Crippen LogP contribution in [0, 0.1) is 17.5 Å². The number of aliphatic hydroxyl groups excluding tert-OH is 1. The van der Waals surface area contributed by atoms with Gasteiger partial charge in [-0.1, -0.05) is 48.5 Å². The smallest absolute Gasteiger partial charge is 0.343 e. The number of ether oxygens (including phenoxy) is 2. The molecule has 0 spiro atoms. The zero-order valence-corrected chi connectivity index (χ0v) is 19.2. The lowest BCUT2D eigenvalue weighted by molar-refractivity contribution is 0.0726. The Hall–Kier alpha value is -3.94. The van der Waals surface area contributed by atoms with Crippen LogP contribution in [0.25, 0.3) is 22.3 Å². The van der Waals surface area contributed by atoms with Gasteiger partial charge in [0.25, 0.3) is 0 Å². The lowest BCUT2D eigenvalue weighted by Gasteiger charge is -2.11. The zero-order chi connectivity index (χ0) is 25.4. The molecule has 0 saturated carbocycles.